The first-order valence-electron chi connectivity index (χ1n) is 2.94. The average molecular weight is 527 g/mol. The average Bonchev–Trinajstić information content (AvgIpc) is 2.08. The molecule has 1 aromatic carbocycles. The van der Waals surface area contributed by atoms with Crippen LogP contribution < -0.4 is 0 Å². The predicted octanol–water partition coefficient (Wildman–Crippen LogP) is 5.43. The summed E-state index contributed by atoms with van der Waals surface area (Å²) in [5.74, 6) is 0. The van der Waals surface area contributed by atoms with Crippen molar-refractivity contribution in [2.24, 2.45) is 0 Å². The minimum atomic E-state index is 0. The molecule has 0 fully saturated rings. The fourth-order valence-electron chi connectivity index (χ4n) is 0.715. The molecular formula is C7H3Br5Ca. The standard InChI is InChI=1S/C7H3Br5.Ca/c1-2-3(8)5(10)7(12)6(11)4(2)9;/h1H3;. The minimum Gasteiger partial charge on any atom is -0.0492 e. The summed E-state index contributed by atoms with van der Waals surface area (Å²) in [7, 11) is 0. The van der Waals surface area contributed by atoms with Gasteiger partial charge >= 0.3 is 0 Å². The minimum absolute atomic E-state index is 0. The maximum Gasteiger partial charge on any atom is 0.0482 e. The summed E-state index contributed by atoms with van der Waals surface area (Å²) in [6.07, 6.45) is 0. The van der Waals surface area contributed by atoms with E-state index in [4.69, 9.17) is 0 Å². The molecule has 0 bridgehead atoms. The third-order valence-electron chi connectivity index (χ3n) is 1.43. The van der Waals surface area contributed by atoms with Crippen LogP contribution >= 0.6 is 79.6 Å². The van der Waals surface area contributed by atoms with Crippen LogP contribution in [-0.2, 0) is 0 Å². The van der Waals surface area contributed by atoms with Gasteiger partial charge in [0.15, 0.2) is 0 Å². The molecular weight excluding hydrogens is 524 g/mol. The summed E-state index contributed by atoms with van der Waals surface area (Å²) >= 11 is 17.4. The molecule has 0 spiro atoms. The van der Waals surface area contributed by atoms with Crippen molar-refractivity contribution in [1.82, 2.24) is 0 Å². The molecule has 0 N–H and O–H groups in total. The molecule has 13 heavy (non-hydrogen) atoms. The zero-order chi connectivity index (χ0) is 9.46. The first-order valence-corrected chi connectivity index (χ1v) is 6.91. The number of benzene rings is 1. The molecule has 0 unspecified atom stereocenters. The molecule has 0 aliphatic heterocycles. The number of hydrogen-bond donors (Lipinski definition) is 0. The molecule has 0 heterocycles. The van der Waals surface area contributed by atoms with Gasteiger partial charge in [0.05, 0.1) is 0 Å². The van der Waals surface area contributed by atoms with Gasteiger partial charge in [-0.05, 0) is 92.1 Å². The second-order valence-electron chi connectivity index (χ2n) is 2.19. The Morgan fingerprint density at radius 3 is 1.15 bits per heavy atom. The Morgan fingerprint density at radius 2 is 0.846 bits per heavy atom. The quantitative estimate of drug-likeness (QED) is 0.240. The van der Waals surface area contributed by atoms with Crippen LogP contribution in [0.4, 0.5) is 0 Å². The fraction of sp³-hybridized carbons (Fsp3) is 0.143. The maximum absolute atomic E-state index is 3.49. The van der Waals surface area contributed by atoms with Gasteiger partial charge in [-0.25, -0.2) is 0 Å². The van der Waals surface area contributed by atoms with Crippen LogP contribution in [0.25, 0.3) is 0 Å². The van der Waals surface area contributed by atoms with Crippen molar-refractivity contribution in [2.45, 2.75) is 6.92 Å². The van der Waals surface area contributed by atoms with E-state index in [1.807, 2.05) is 6.92 Å². The molecule has 1 aromatic rings. The largest absolute Gasteiger partial charge is 0.0492 e. The maximum atomic E-state index is 3.49. The van der Waals surface area contributed by atoms with Gasteiger partial charge in [0.2, 0.25) is 0 Å². The van der Waals surface area contributed by atoms with E-state index in [2.05, 4.69) is 79.6 Å². The summed E-state index contributed by atoms with van der Waals surface area (Å²) in [6, 6.07) is 0. The Kier molecular flexibility index (Phi) is 8.03. The van der Waals surface area contributed by atoms with E-state index in [0.717, 1.165) is 27.9 Å². The SMILES string of the molecule is Cc1c(Br)c(Br)c(Br)c(Br)c1Br.[Ca]. The molecule has 1 rings (SSSR count). The van der Waals surface area contributed by atoms with Crippen molar-refractivity contribution in [3.8, 4) is 0 Å². The van der Waals surface area contributed by atoms with Crippen LogP contribution in [0.5, 0.6) is 0 Å². The Hall–Kier alpha value is 2.88. The summed E-state index contributed by atoms with van der Waals surface area (Å²) < 4.78 is 5.17. The van der Waals surface area contributed by atoms with E-state index in [1.165, 1.54) is 0 Å². The van der Waals surface area contributed by atoms with E-state index in [1.54, 1.807) is 0 Å². The molecule has 0 amide bonds. The molecule has 0 saturated carbocycles. The van der Waals surface area contributed by atoms with Gasteiger partial charge in [0.25, 0.3) is 0 Å². The second kappa shape index (κ2) is 6.58. The van der Waals surface area contributed by atoms with Crippen molar-refractivity contribution < 1.29 is 0 Å². The smallest absolute Gasteiger partial charge is 0.0482 e. The summed E-state index contributed by atoms with van der Waals surface area (Å²) in [5.41, 5.74) is 1.16. The van der Waals surface area contributed by atoms with Gasteiger partial charge in [-0.1, -0.05) is 0 Å². The van der Waals surface area contributed by atoms with Crippen LogP contribution in [0.15, 0.2) is 22.4 Å². The Balaban J connectivity index is 0.00000144. The molecule has 0 aliphatic rings. The van der Waals surface area contributed by atoms with Crippen molar-refractivity contribution >= 4 is 117 Å². The summed E-state index contributed by atoms with van der Waals surface area (Å²) in [5, 5.41) is 0. The Labute approximate surface area is 149 Å². The molecule has 0 nitrogen and oxygen atoms in total. The van der Waals surface area contributed by atoms with E-state index in [9.17, 15) is 0 Å². The second-order valence-corrected chi connectivity index (χ2v) is 6.16. The molecule has 68 valence electrons. The number of halogens is 5. The van der Waals surface area contributed by atoms with E-state index < -0.39 is 0 Å². The van der Waals surface area contributed by atoms with Crippen LogP contribution in [0.1, 0.15) is 5.56 Å². The molecule has 0 aromatic heterocycles. The third kappa shape index (κ3) is 3.42. The first kappa shape index (κ1) is 15.9. The Bertz CT molecular complexity index is 231. The fourth-order valence-corrected chi connectivity index (χ4v) is 3.96. The molecule has 2 radical (unpaired) electrons. The number of hydrogen-bond acceptors (Lipinski definition) is 0. The molecule has 0 atom stereocenters. The molecule has 6 heteroatoms. The van der Waals surface area contributed by atoms with Crippen LogP contribution in [0.2, 0.25) is 0 Å². The zero-order valence-electron chi connectivity index (χ0n) is 6.60. The van der Waals surface area contributed by atoms with E-state index >= 15 is 0 Å². The summed E-state index contributed by atoms with van der Waals surface area (Å²) in [6.45, 7) is 2.04. The van der Waals surface area contributed by atoms with Crippen LogP contribution in [0, 0.1) is 6.92 Å². The molecule has 0 saturated heterocycles. The normalized spacial score (nSPS) is 9.69. The van der Waals surface area contributed by atoms with Crippen molar-refractivity contribution in [2.75, 3.05) is 0 Å². The topological polar surface area (TPSA) is 0 Å². The van der Waals surface area contributed by atoms with Crippen molar-refractivity contribution in [1.29, 1.82) is 0 Å². The Morgan fingerprint density at radius 1 is 0.615 bits per heavy atom. The molecule has 0 aliphatic carbocycles. The van der Waals surface area contributed by atoms with Gasteiger partial charge in [-0.3, -0.25) is 0 Å². The van der Waals surface area contributed by atoms with Gasteiger partial charge in [-0.2, -0.15) is 0 Å². The number of rotatable bonds is 0. The van der Waals surface area contributed by atoms with Crippen molar-refractivity contribution in [3.63, 3.8) is 0 Å². The van der Waals surface area contributed by atoms with Gasteiger partial charge in [0, 0.05) is 60.1 Å². The third-order valence-corrected chi connectivity index (χ3v) is 7.92. The van der Waals surface area contributed by atoms with E-state index in [0.29, 0.717) is 0 Å². The van der Waals surface area contributed by atoms with Gasteiger partial charge in [-0.15, -0.1) is 0 Å². The van der Waals surface area contributed by atoms with E-state index in [-0.39, 0.29) is 37.7 Å². The predicted molar refractivity (Wildman–Crippen MR) is 75.4 cm³/mol. The first-order chi connectivity index (χ1) is 5.46. The van der Waals surface area contributed by atoms with Crippen LogP contribution in [0.3, 0.4) is 0 Å². The van der Waals surface area contributed by atoms with Crippen molar-refractivity contribution in [3.05, 3.63) is 27.9 Å². The van der Waals surface area contributed by atoms with Gasteiger partial charge < -0.3 is 0 Å². The summed E-state index contributed by atoms with van der Waals surface area (Å²) in [4.78, 5) is 0. The van der Waals surface area contributed by atoms with Gasteiger partial charge in [0.1, 0.15) is 0 Å². The van der Waals surface area contributed by atoms with Crippen LogP contribution in [-0.4, -0.2) is 37.7 Å². The zero-order valence-corrected chi connectivity index (χ0v) is 16.7. The monoisotopic (exact) mass is 522 g/mol.